The van der Waals surface area contributed by atoms with Crippen molar-refractivity contribution in [3.63, 3.8) is 0 Å². The van der Waals surface area contributed by atoms with E-state index in [1.807, 2.05) is 0 Å². The van der Waals surface area contributed by atoms with Crippen LogP contribution in [0.3, 0.4) is 0 Å². The number of nitrogens with zero attached hydrogens (tertiary/aromatic N) is 2. The van der Waals surface area contributed by atoms with Crippen LogP contribution in [0, 0.1) is 6.92 Å². The van der Waals surface area contributed by atoms with E-state index in [9.17, 15) is 0 Å². The zero-order valence-corrected chi connectivity index (χ0v) is 9.85. The van der Waals surface area contributed by atoms with Crippen molar-refractivity contribution in [1.82, 2.24) is 9.38 Å². The summed E-state index contributed by atoms with van der Waals surface area (Å²) in [5.41, 5.74) is 8.91. The highest BCUT2D eigenvalue weighted by Gasteiger charge is 2.05. The summed E-state index contributed by atoms with van der Waals surface area (Å²) >= 11 is 0. The lowest BCUT2D eigenvalue weighted by Gasteiger charge is -2.01. The first-order valence-corrected chi connectivity index (χ1v) is 5.85. The average molecular weight is 225 g/mol. The van der Waals surface area contributed by atoms with Gasteiger partial charge in [0.05, 0.1) is 5.69 Å². The van der Waals surface area contributed by atoms with Gasteiger partial charge in [0.2, 0.25) is 0 Å². The lowest BCUT2D eigenvalue weighted by molar-refractivity contribution is 0.937. The number of nitrogens with two attached hydrogens (primary N) is 1. The summed E-state index contributed by atoms with van der Waals surface area (Å²) in [5, 5.41) is 2.43. The number of aryl methyl sites for hydroxylation is 1. The molecule has 0 atom stereocenters. The molecule has 0 amide bonds. The van der Waals surface area contributed by atoms with Crippen molar-refractivity contribution in [1.29, 1.82) is 0 Å². The molecule has 1 aromatic carbocycles. The summed E-state index contributed by atoms with van der Waals surface area (Å²) < 4.78 is 2.08. The third-order valence-corrected chi connectivity index (χ3v) is 3.05. The Morgan fingerprint density at radius 2 is 2.18 bits per heavy atom. The summed E-state index contributed by atoms with van der Waals surface area (Å²) in [5.74, 6) is 0. The molecular formula is C14H15N3. The van der Waals surface area contributed by atoms with Crippen molar-refractivity contribution in [2.75, 3.05) is 6.54 Å². The molecule has 17 heavy (non-hydrogen) atoms. The fourth-order valence-corrected chi connectivity index (χ4v) is 2.20. The first-order valence-electron chi connectivity index (χ1n) is 5.85. The number of rotatable bonds is 2. The Hall–Kier alpha value is -1.87. The highest BCUT2D eigenvalue weighted by molar-refractivity contribution is 5.94. The molecule has 2 aromatic heterocycles. The molecule has 86 valence electrons. The van der Waals surface area contributed by atoms with Crippen LogP contribution in [0.1, 0.15) is 11.3 Å². The van der Waals surface area contributed by atoms with Crippen molar-refractivity contribution in [3.8, 4) is 0 Å². The van der Waals surface area contributed by atoms with E-state index in [-0.39, 0.29) is 0 Å². The number of hydrogen-bond donors (Lipinski definition) is 1. The van der Waals surface area contributed by atoms with Gasteiger partial charge in [0.15, 0.2) is 0 Å². The standard InChI is InChI=1S/C14H15N3/c1-10-2-3-11-5-7-17-9-12(4-6-15)16-14(17)13(11)8-10/h2-3,5,7-9H,4,6,15H2,1H3. The number of benzene rings is 1. The zero-order chi connectivity index (χ0) is 11.8. The first kappa shape index (κ1) is 10.3. The minimum Gasteiger partial charge on any atom is -0.330 e. The van der Waals surface area contributed by atoms with Crippen LogP contribution in [0.25, 0.3) is 16.4 Å². The molecule has 0 saturated carbocycles. The van der Waals surface area contributed by atoms with Gasteiger partial charge in [-0.15, -0.1) is 0 Å². The van der Waals surface area contributed by atoms with E-state index >= 15 is 0 Å². The van der Waals surface area contributed by atoms with Gasteiger partial charge < -0.3 is 10.1 Å². The second-order valence-corrected chi connectivity index (χ2v) is 4.41. The Morgan fingerprint density at radius 1 is 1.29 bits per heavy atom. The monoisotopic (exact) mass is 225 g/mol. The Kier molecular flexibility index (Phi) is 2.34. The van der Waals surface area contributed by atoms with E-state index in [1.54, 1.807) is 0 Å². The maximum absolute atomic E-state index is 5.57. The predicted molar refractivity (Wildman–Crippen MR) is 70.2 cm³/mol. The number of hydrogen-bond acceptors (Lipinski definition) is 2. The molecule has 0 radical (unpaired) electrons. The van der Waals surface area contributed by atoms with Crippen molar-refractivity contribution in [3.05, 3.63) is 47.9 Å². The van der Waals surface area contributed by atoms with Crippen LogP contribution in [0.5, 0.6) is 0 Å². The van der Waals surface area contributed by atoms with Gasteiger partial charge in [-0.25, -0.2) is 4.98 Å². The summed E-state index contributed by atoms with van der Waals surface area (Å²) in [7, 11) is 0. The number of fused-ring (bicyclic) bond motifs is 3. The van der Waals surface area contributed by atoms with Crippen molar-refractivity contribution in [2.45, 2.75) is 13.3 Å². The third-order valence-electron chi connectivity index (χ3n) is 3.05. The van der Waals surface area contributed by atoms with Gasteiger partial charge in [-0.2, -0.15) is 0 Å². The van der Waals surface area contributed by atoms with E-state index in [1.165, 1.54) is 16.3 Å². The van der Waals surface area contributed by atoms with Crippen molar-refractivity contribution in [2.24, 2.45) is 5.73 Å². The van der Waals surface area contributed by atoms with Crippen LogP contribution in [-0.4, -0.2) is 15.9 Å². The molecule has 2 N–H and O–H groups in total. The van der Waals surface area contributed by atoms with Crippen LogP contribution in [0.2, 0.25) is 0 Å². The summed E-state index contributed by atoms with van der Waals surface area (Å²) in [6.07, 6.45) is 4.94. The molecule has 0 aliphatic carbocycles. The molecule has 3 aromatic rings. The Bertz CT molecular complexity index is 682. The van der Waals surface area contributed by atoms with Crippen LogP contribution < -0.4 is 5.73 Å². The van der Waals surface area contributed by atoms with Crippen LogP contribution in [0.4, 0.5) is 0 Å². The molecule has 0 aliphatic heterocycles. The number of aromatic nitrogens is 2. The largest absolute Gasteiger partial charge is 0.330 e. The van der Waals surface area contributed by atoms with E-state index in [2.05, 4.69) is 53.0 Å². The highest BCUT2D eigenvalue weighted by atomic mass is 15.0. The van der Waals surface area contributed by atoms with Gasteiger partial charge in [0, 0.05) is 24.2 Å². The van der Waals surface area contributed by atoms with Gasteiger partial charge in [0.1, 0.15) is 5.65 Å². The van der Waals surface area contributed by atoms with Gasteiger partial charge in [-0.1, -0.05) is 17.7 Å². The Labute approximate surface area is 99.9 Å². The van der Waals surface area contributed by atoms with Crippen LogP contribution in [0.15, 0.2) is 36.7 Å². The predicted octanol–water partition coefficient (Wildman–Crippen LogP) is 2.30. The smallest absolute Gasteiger partial charge is 0.144 e. The van der Waals surface area contributed by atoms with E-state index < -0.39 is 0 Å². The SMILES string of the molecule is Cc1ccc2ccn3cc(CCN)nc3c2c1. The third kappa shape index (κ3) is 1.68. The van der Waals surface area contributed by atoms with E-state index in [0.717, 1.165) is 17.8 Å². The van der Waals surface area contributed by atoms with Gasteiger partial charge >= 0.3 is 0 Å². The maximum atomic E-state index is 5.57. The molecule has 0 saturated heterocycles. The molecule has 0 aliphatic rings. The minimum absolute atomic E-state index is 0.640. The summed E-state index contributed by atoms with van der Waals surface area (Å²) in [6.45, 7) is 2.74. The molecule has 3 rings (SSSR count). The molecule has 0 bridgehead atoms. The van der Waals surface area contributed by atoms with Crippen LogP contribution >= 0.6 is 0 Å². The van der Waals surface area contributed by atoms with Crippen molar-refractivity contribution < 1.29 is 0 Å². The number of pyridine rings is 1. The zero-order valence-electron chi connectivity index (χ0n) is 9.85. The van der Waals surface area contributed by atoms with Crippen molar-refractivity contribution >= 4 is 16.4 Å². The van der Waals surface area contributed by atoms with Gasteiger partial charge in [-0.3, -0.25) is 0 Å². The van der Waals surface area contributed by atoms with E-state index in [0.29, 0.717) is 6.54 Å². The molecule has 2 heterocycles. The lowest BCUT2D eigenvalue weighted by atomic mass is 10.1. The Morgan fingerprint density at radius 3 is 3.00 bits per heavy atom. The summed E-state index contributed by atoms with van der Waals surface area (Å²) in [6, 6.07) is 8.57. The molecule has 3 nitrogen and oxygen atoms in total. The minimum atomic E-state index is 0.640. The second-order valence-electron chi connectivity index (χ2n) is 4.41. The maximum Gasteiger partial charge on any atom is 0.144 e. The fraction of sp³-hybridized carbons (Fsp3) is 0.214. The van der Waals surface area contributed by atoms with Gasteiger partial charge in [0.25, 0.3) is 0 Å². The molecule has 0 fully saturated rings. The molecule has 3 heteroatoms. The first-order chi connectivity index (χ1) is 8.28. The molecule has 0 unspecified atom stereocenters. The molecule has 0 spiro atoms. The topological polar surface area (TPSA) is 43.3 Å². The van der Waals surface area contributed by atoms with E-state index in [4.69, 9.17) is 5.73 Å². The quantitative estimate of drug-likeness (QED) is 0.727. The fourth-order valence-electron chi connectivity index (χ4n) is 2.20. The average Bonchev–Trinajstić information content (AvgIpc) is 2.72. The van der Waals surface area contributed by atoms with Crippen LogP contribution in [-0.2, 0) is 6.42 Å². The normalized spacial score (nSPS) is 11.4. The highest BCUT2D eigenvalue weighted by Crippen LogP contribution is 2.21. The Balaban J connectivity index is 2.33. The van der Waals surface area contributed by atoms with Gasteiger partial charge in [-0.05, 0) is 31.0 Å². The second kappa shape index (κ2) is 3.86. The lowest BCUT2D eigenvalue weighted by Crippen LogP contribution is -2.02. The summed E-state index contributed by atoms with van der Waals surface area (Å²) in [4.78, 5) is 4.65. The number of imidazole rings is 1. The molecular weight excluding hydrogens is 210 g/mol.